The average Bonchev–Trinajstić information content (AvgIpc) is 2.14. The zero-order chi connectivity index (χ0) is 5.98. The third-order valence-corrected chi connectivity index (χ3v) is 1.94. The lowest BCUT2D eigenvalue weighted by atomic mass is 10.2. The first-order valence-corrected chi connectivity index (χ1v) is 3.27. The Bertz CT molecular complexity index is 72.9. The maximum Gasteiger partial charge on any atom is 0.0216 e. The van der Waals surface area contributed by atoms with E-state index in [9.17, 15) is 0 Å². The SMILES string of the molecule is CN[C@H]1CCC[C@H]1N. The third-order valence-electron chi connectivity index (χ3n) is 1.94. The minimum atomic E-state index is 0.417. The molecule has 0 saturated heterocycles. The minimum Gasteiger partial charge on any atom is -0.326 e. The van der Waals surface area contributed by atoms with Gasteiger partial charge in [-0.15, -0.1) is 0 Å². The Hall–Kier alpha value is -0.0800. The Morgan fingerprint density at radius 3 is 2.50 bits per heavy atom. The fourth-order valence-electron chi connectivity index (χ4n) is 1.35. The van der Waals surface area contributed by atoms with Gasteiger partial charge in [0.1, 0.15) is 0 Å². The normalized spacial score (nSPS) is 38.2. The Morgan fingerprint density at radius 2 is 2.25 bits per heavy atom. The van der Waals surface area contributed by atoms with Crippen LogP contribution in [0.4, 0.5) is 0 Å². The van der Waals surface area contributed by atoms with Gasteiger partial charge in [0.25, 0.3) is 0 Å². The maximum atomic E-state index is 5.73. The van der Waals surface area contributed by atoms with Crippen molar-refractivity contribution < 1.29 is 0 Å². The number of hydrogen-bond acceptors (Lipinski definition) is 2. The quantitative estimate of drug-likeness (QED) is 0.507. The van der Waals surface area contributed by atoms with Gasteiger partial charge in [0.05, 0.1) is 0 Å². The van der Waals surface area contributed by atoms with E-state index in [2.05, 4.69) is 5.32 Å². The molecule has 0 spiro atoms. The lowest BCUT2D eigenvalue weighted by molar-refractivity contribution is 0.518. The molecule has 0 bridgehead atoms. The molecule has 0 aromatic heterocycles. The molecule has 1 rings (SSSR count). The Morgan fingerprint density at radius 1 is 1.50 bits per heavy atom. The van der Waals surface area contributed by atoms with Crippen molar-refractivity contribution in [2.24, 2.45) is 5.73 Å². The predicted molar refractivity (Wildman–Crippen MR) is 34.7 cm³/mol. The molecule has 0 radical (unpaired) electrons. The van der Waals surface area contributed by atoms with Crippen LogP contribution in [0.1, 0.15) is 19.3 Å². The zero-order valence-electron chi connectivity index (χ0n) is 5.35. The molecule has 0 heterocycles. The summed E-state index contributed by atoms with van der Waals surface area (Å²) >= 11 is 0. The summed E-state index contributed by atoms with van der Waals surface area (Å²) < 4.78 is 0. The molecule has 0 aliphatic heterocycles. The molecule has 2 atom stereocenters. The highest BCUT2D eigenvalue weighted by Gasteiger charge is 2.21. The molecule has 0 aromatic carbocycles. The number of rotatable bonds is 1. The second kappa shape index (κ2) is 2.46. The topological polar surface area (TPSA) is 38.0 Å². The van der Waals surface area contributed by atoms with E-state index in [4.69, 9.17) is 5.73 Å². The van der Waals surface area contributed by atoms with Crippen LogP contribution in [0.2, 0.25) is 0 Å². The molecule has 1 fully saturated rings. The van der Waals surface area contributed by atoms with Crippen LogP contribution in [-0.2, 0) is 0 Å². The van der Waals surface area contributed by atoms with Gasteiger partial charge >= 0.3 is 0 Å². The summed E-state index contributed by atoms with van der Waals surface area (Å²) in [6, 6.07) is 1.01. The van der Waals surface area contributed by atoms with Gasteiger partial charge in [-0.1, -0.05) is 6.42 Å². The van der Waals surface area contributed by atoms with E-state index in [1.807, 2.05) is 7.05 Å². The van der Waals surface area contributed by atoms with Crippen molar-refractivity contribution in [1.82, 2.24) is 5.32 Å². The zero-order valence-corrected chi connectivity index (χ0v) is 5.35. The van der Waals surface area contributed by atoms with E-state index in [0.717, 1.165) is 0 Å². The first kappa shape index (κ1) is 6.05. The van der Waals surface area contributed by atoms with Gasteiger partial charge in [-0.25, -0.2) is 0 Å². The highest BCUT2D eigenvalue weighted by atomic mass is 14.9. The smallest absolute Gasteiger partial charge is 0.0216 e. The van der Waals surface area contributed by atoms with Crippen LogP contribution in [0, 0.1) is 0 Å². The van der Waals surface area contributed by atoms with Crippen molar-refractivity contribution in [2.45, 2.75) is 31.3 Å². The van der Waals surface area contributed by atoms with Gasteiger partial charge in [0.15, 0.2) is 0 Å². The average molecular weight is 114 g/mol. The van der Waals surface area contributed by atoms with Crippen LogP contribution in [0.15, 0.2) is 0 Å². The van der Waals surface area contributed by atoms with Crippen molar-refractivity contribution in [3.05, 3.63) is 0 Å². The van der Waals surface area contributed by atoms with Crippen molar-refractivity contribution in [2.75, 3.05) is 7.05 Å². The van der Waals surface area contributed by atoms with E-state index in [0.29, 0.717) is 12.1 Å². The Balaban J connectivity index is 2.30. The molecule has 3 N–H and O–H groups in total. The van der Waals surface area contributed by atoms with Crippen LogP contribution in [0.3, 0.4) is 0 Å². The minimum absolute atomic E-state index is 0.417. The van der Waals surface area contributed by atoms with Crippen LogP contribution < -0.4 is 11.1 Å². The summed E-state index contributed by atoms with van der Waals surface area (Å²) in [7, 11) is 1.98. The van der Waals surface area contributed by atoms with Crippen molar-refractivity contribution >= 4 is 0 Å². The first-order chi connectivity index (χ1) is 3.84. The van der Waals surface area contributed by atoms with Crippen LogP contribution >= 0.6 is 0 Å². The molecule has 1 aliphatic rings. The number of nitrogens with two attached hydrogens (primary N) is 1. The lowest BCUT2D eigenvalue weighted by Gasteiger charge is -2.12. The van der Waals surface area contributed by atoms with Gasteiger partial charge in [0, 0.05) is 12.1 Å². The summed E-state index contributed by atoms with van der Waals surface area (Å²) in [5.74, 6) is 0. The van der Waals surface area contributed by atoms with E-state index in [1.54, 1.807) is 0 Å². The van der Waals surface area contributed by atoms with Crippen LogP contribution in [0.25, 0.3) is 0 Å². The molecule has 1 saturated carbocycles. The lowest BCUT2D eigenvalue weighted by Crippen LogP contribution is -2.38. The predicted octanol–water partition coefficient (Wildman–Crippen LogP) is 0.0856. The summed E-state index contributed by atoms with van der Waals surface area (Å²) in [5, 5.41) is 3.19. The highest BCUT2D eigenvalue weighted by molar-refractivity contribution is 4.84. The maximum absolute atomic E-state index is 5.73. The molecule has 2 heteroatoms. The fourth-order valence-corrected chi connectivity index (χ4v) is 1.35. The van der Waals surface area contributed by atoms with E-state index < -0.39 is 0 Å². The molecule has 0 amide bonds. The van der Waals surface area contributed by atoms with Gasteiger partial charge < -0.3 is 11.1 Å². The van der Waals surface area contributed by atoms with E-state index in [-0.39, 0.29) is 0 Å². The van der Waals surface area contributed by atoms with Crippen LogP contribution in [-0.4, -0.2) is 19.1 Å². The Labute approximate surface area is 50.4 Å². The fraction of sp³-hybridized carbons (Fsp3) is 1.00. The van der Waals surface area contributed by atoms with Crippen molar-refractivity contribution in [3.8, 4) is 0 Å². The molecule has 48 valence electrons. The van der Waals surface area contributed by atoms with Gasteiger partial charge in [-0.3, -0.25) is 0 Å². The molecule has 8 heavy (non-hydrogen) atoms. The van der Waals surface area contributed by atoms with E-state index >= 15 is 0 Å². The molecular weight excluding hydrogens is 100 g/mol. The van der Waals surface area contributed by atoms with E-state index in [1.165, 1.54) is 19.3 Å². The first-order valence-electron chi connectivity index (χ1n) is 3.27. The van der Waals surface area contributed by atoms with Gasteiger partial charge in [0.2, 0.25) is 0 Å². The molecule has 1 aliphatic carbocycles. The van der Waals surface area contributed by atoms with Crippen LogP contribution in [0.5, 0.6) is 0 Å². The summed E-state index contributed by atoms with van der Waals surface area (Å²) in [4.78, 5) is 0. The summed E-state index contributed by atoms with van der Waals surface area (Å²) in [6.07, 6.45) is 3.76. The number of likely N-dealkylation sites (N-methyl/N-ethyl adjacent to an activating group) is 1. The van der Waals surface area contributed by atoms with Crippen molar-refractivity contribution in [3.63, 3.8) is 0 Å². The number of hydrogen-bond donors (Lipinski definition) is 2. The summed E-state index contributed by atoms with van der Waals surface area (Å²) in [5.41, 5.74) is 5.73. The second-order valence-electron chi connectivity index (χ2n) is 2.49. The van der Waals surface area contributed by atoms with Gasteiger partial charge in [-0.2, -0.15) is 0 Å². The van der Waals surface area contributed by atoms with Crippen molar-refractivity contribution in [1.29, 1.82) is 0 Å². The van der Waals surface area contributed by atoms with Gasteiger partial charge in [-0.05, 0) is 19.9 Å². The monoisotopic (exact) mass is 114 g/mol. The number of nitrogens with one attached hydrogen (secondary N) is 1. The standard InChI is InChI=1S/C6H14N2/c1-8-6-4-2-3-5(6)7/h5-6,8H,2-4,7H2,1H3/t5-,6+/m1/s1. The molecule has 2 nitrogen and oxygen atoms in total. The molecular formula is C6H14N2. The second-order valence-corrected chi connectivity index (χ2v) is 2.49. The molecule has 0 aromatic rings. The largest absolute Gasteiger partial charge is 0.326 e. The molecule has 0 unspecified atom stereocenters. The highest BCUT2D eigenvalue weighted by Crippen LogP contribution is 2.15. The summed E-state index contributed by atoms with van der Waals surface area (Å²) in [6.45, 7) is 0. The third kappa shape index (κ3) is 1.01. The Kier molecular flexibility index (Phi) is 1.86.